The van der Waals surface area contributed by atoms with Crippen LogP contribution in [-0.4, -0.2) is 17.2 Å². The first kappa shape index (κ1) is 13.1. The van der Waals surface area contributed by atoms with Crippen molar-refractivity contribution >= 4 is 15.9 Å². The minimum Gasteiger partial charge on any atom is -0.495 e. The standard InChI is InChI=1S/C14H14BrNO2/c1-9-8-10(5-6-11(9)15)14(17)13-12(18-2)4-3-7-16-13/h3-8,14,17H,1-2H3. The topological polar surface area (TPSA) is 42.4 Å². The molecule has 2 rings (SSSR count). The minimum absolute atomic E-state index is 0.529. The van der Waals surface area contributed by atoms with E-state index in [4.69, 9.17) is 4.74 Å². The van der Waals surface area contributed by atoms with Gasteiger partial charge >= 0.3 is 0 Å². The monoisotopic (exact) mass is 307 g/mol. The van der Waals surface area contributed by atoms with E-state index in [0.717, 1.165) is 15.6 Å². The minimum atomic E-state index is -0.784. The quantitative estimate of drug-likeness (QED) is 0.946. The summed E-state index contributed by atoms with van der Waals surface area (Å²) in [5.41, 5.74) is 2.40. The highest BCUT2D eigenvalue weighted by molar-refractivity contribution is 9.10. The van der Waals surface area contributed by atoms with Crippen LogP contribution in [0.1, 0.15) is 22.9 Å². The van der Waals surface area contributed by atoms with E-state index in [2.05, 4.69) is 20.9 Å². The number of halogens is 1. The van der Waals surface area contributed by atoms with Gasteiger partial charge in [0.2, 0.25) is 0 Å². The maximum absolute atomic E-state index is 10.4. The summed E-state index contributed by atoms with van der Waals surface area (Å²) in [6.07, 6.45) is 0.861. The zero-order valence-electron chi connectivity index (χ0n) is 10.2. The molecule has 4 heteroatoms. The summed E-state index contributed by atoms with van der Waals surface area (Å²) < 4.78 is 6.23. The number of aryl methyl sites for hydroxylation is 1. The SMILES string of the molecule is COc1cccnc1C(O)c1ccc(Br)c(C)c1. The Kier molecular flexibility index (Phi) is 3.99. The van der Waals surface area contributed by atoms with Crippen molar-refractivity contribution in [2.75, 3.05) is 7.11 Å². The van der Waals surface area contributed by atoms with Crippen molar-refractivity contribution in [2.45, 2.75) is 13.0 Å². The fourth-order valence-electron chi connectivity index (χ4n) is 1.78. The molecule has 0 aliphatic carbocycles. The highest BCUT2D eigenvalue weighted by Crippen LogP contribution is 2.29. The van der Waals surface area contributed by atoms with Crippen LogP contribution in [0.15, 0.2) is 41.0 Å². The molecule has 18 heavy (non-hydrogen) atoms. The molecule has 1 N–H and O–H groups in total. The van der Waals surface area contributed by atoms with Gasteiger partial charge in [0.25, 0.3) is 0 Å². The molecule has 94 valence electrons. The Balaban J connectivity index is 2.41. The molecular formula is C14H14BrNO2. The average molecular weight is 308 g/mol. The van der Waals surface area contributed by atoms with Crippen LogP contribution in [0.4, 0.5) is 0 Å². The Morgan fingerprint density at radius 1 is 1.33 bits per heavy atom. The Hall–Kier alpha value is -1.39. The van der Waals surface area contributed by atoms with Gasteiger partial charge in [-0.2, -0.15) is 0 Å². The number of aromatic nitrogens is 1. The third-order valence-corrected chi connectivity index (χ3v) is 3.67. The van der Waals surface area contributed by atoms with Crippen LogP contribution in [0.2, 0.25) is 0 Å². The Labute approximate surface area is 115 Å². The first-order chi connectivity index (χ1) is 8.63. The summed E-state index contributed by atoms with van der Waals surface area (Å²) in [7, 11) is 1.57. The lowest BCUT2D eigenvalue weighted by atomic mass is 10.0. The fraction of sp³-hybridized carbons (Fsp3) is 0.214. The summed E-state index contributed by atoms with van der Waals surface area (Å²) in [5, 5.41) is 10.4. The molecular weight excluding hydrogens is 294 g/mol. The predicted molar refractivity (Wildman–Crippen MR) is 73.7 cm³/mol. The summed E-state index contributed by atoms with van der Waals surface area (Å²) >= 11 is 3.44. The third-order valence-electron chi connectivity index (χ3n) is 2.78. The molecule has 1 unspecified atom stereocenters. The van der Waals surface area contributed by atoms with E-state index >= 15 is 0 Å². The fourth-order valence-corrected chi connectivity index (χ4v) is 2.02. The molecule has 0 aliphatic rings. The van der Waals surface area contributed by atoms with Crippen LogP contribution >= 0.6 is 15.9 Å². The molecule has 0 saturated heterocycles. The van der Waals surface area contributed by atoms with Crippen LogP contribution in [0.5, 0.6) is 5.75 Å². The van der Waals surface area contributed by atoms with Gasteiger partial charge in [-0.25, -0.2) is 0 Å². The van der Waals surface area contributed by atoms with Crippen LogP contribution < -0.4 is 4.74 Å². The zero-order chi connectivity index (χ0) is 13.1. The second-order valence-corrected chi connectivity index (χ2v) is 4.86. The molecule has 3 nitrogen and oxygen atoms in total. The van der Waals surface area contributed by atoms with Crippen LogP contribution in [0.3, 0.4) is 0 Å². The Morgan fingerprint density at radius 2 is 2.11 bits per heavy atom. The molecule has 2 aromatic rings. The smallest absolute Gasteiger partial charge is 0.143 e. The van der Waals surface area contributed by atoms with E-state index in [-0.39, 0.29) is 0 Å². The summed E-state index contributed by atoms with van der Waals surface area (Å²) in [4.78, 5) is 4.19. The molecule has 1 aromatic carbocycles. The Bertz CT molecular complexity index is 557. The summed E-state index contributed by atoms with van der Waals surface area (Å²) in [5.74, 6) is 0.588. The van der Waals surface area contributed by atoms with Gasteiger partial charge in [0.1, 0.15) is 17.5 Å². The number of benzene rings is 1. The van der Waals surface area contributed by atoms with E-state index in [1.807, 2.05) is 25.1 Å². The largest absolute Gasteiger partial charge is 0.495 e. The van der Waals surface area contributed by atoms with E-state index in [0.29, 0.717) is 11.4 Å². The summed E-state index contributed by atoms with van der Waals surface area (Å²) in [6.45, 7) is 1.98. The van der Waals surface area contributed by atoms with Gasteiger partial charge in [-0.05, 0) is 36.2 Å². The number of rotatable bonds is 3. The van der Waals surface area contributed by atoms with Gasteiger partial charge in [0, 0.05) is 10.7 Å². The number of aliphatic hydroxyl groups is 1. The van der Waals surface area contributed by atoms with Crippen LogP contribution in [0, 0.1) is 6.92 Å². The lowest BCUT2D eigenvalue weighted by molar-refractivity contribution is 0.209. The molecule has 0 spiro atoms. The van der Waals surface area contributed by atoms with E-state index in [1.165, 1.54) is 0 Å². The molecule has 0 fully saturated rings. The van der Waals surface area contributed by atoms with Crippen molar-refractivity contribution in [1.29, 1.82) is 0 Å². The molecule has 0 saturated carbocycles. The third kappa shape index (κ3) is 2.54. The molecule has 0 radical (unpaired) electrons. The van der Waals surface area contributed by atoms with Crippen molar-refractivity contribution in [3.05, 3.63) is 57.8 Å². The number of hydrogen-bond donors (Lipinski definition) is 1. The van der Waals surface area contributed by atoms with Gasteiger partial charge < -0.3 is 9.84 Å². The maximum Gasteiger partial charge on any atom is 0.143 e. The second-order valence-electron chi connectivity index (χ2n) is 4.00. The lowest BCUT2D eigenvalue weighted by Gasteiger charge is -2.14. The van der Waals surface area contributed by atoms with E-state index < -0.39 is 6.10 Å². The molecule has 0 aliphatic heterocycles. The number of hydrogen-bond acceptors (Lipinski definition) is 3. The van der Waals surface area contributed by atoms with Gasteiger partial charge in [-0.15, -0.1) is 0 Å². The van der Waals surface area contributed by atoms with Crippen LogP contribution in [0.25, 0.3) is 0 Å². The van der Waals surface area contributed by atoms with Crippen molar-refractivity contribution in [3.63, 3.8) is 0 Å². The van der Waals surface area contributed by atoms with Crippen LogP contribution in [-0.2, 0) is 0 Å². The van der Waals surface area contributed by atoms with E-state index in [9.17, 15) is 5.11 Å². The first-order valence-corrected chi connectivity index (χ1v) is 6.36. The highest BCUT2D eigenvalue weighted by Gasteiger charge is 2.17. The zero-order valence-corrected chi connectivity index (χ0v) is 11.8. The number of methoxy groups -OCH3 is 1. The molecule has 1 atom stereocenters. The van der Waals surface area contributed by atoms with Crippen molar-refractivity contribution in [3.8, 4) is 5.75 Å². The molecule has 1 aromatic heterocycles. The van der Waals surface area contributed by atoms with Gasteiger partial charge in [0.05, 0.1) is 7.11 Å². The number of ether oxygens (including phenoxy) is 1. The van der Waals surface area contributed by atoms with E-state index in [1.54, 1.807) is 25.4 Å². The van der Waals surface area contributed by atoms with Gasteiger partial charge in [-0.1, -0.05) is 28.1 Å². The molecule has 0 amide bonds. The molecule has 0 bridgehead atoms. The first-order valence-electron chi connectivity index (χ1n) is 5.56. The summed E-state index contributed by atoms with van der Waals surface area (Å²) in [6, 6.07) is 9.29. The second kappa shape index (κ2) is 5.50. The normalized spacial score (nSPS) is 12.2. The maximum atomic E-state index is 10.4. The number of pyridine rings is 1. The Morgan fingerprint density at radius 3 is 2.78 bits per heavy atom. The van der Waals surface area contributed by atoms with Gasteiger partial charge in [-0.3, -0.25) is 4.98 Å². The molecule has 1 heterocycles. The lowest BCUT2D eigenvalue weighted by Crippen LogP contribution is -2.05. The van der Waals surface area contributed by atoms with Crippen molar-refractivity contribution in [2.24, 2.45) is 0 Å². The number of nitrogens with zero attached hydrogens (tertiary/aromatic N) is 1. The van der Waals surface area contributed by atoms with Crippen molar-refractivity contribution < 1.29 is 9.84 Å². The van der Waals surface area contributed by atoms with Crippen molar-refractivity contribution in [1.82, 2.24) is 4.98 Å². The highest BCUT2D eigenvalue weighted by atomic mass is 79.9. The van der Waals surface area contributed by atoms with Gasteiger partial charge in [0.15, 0.2) is 0 Å². The predicted octanol–water partition coefficient (Wildman–Crippen LogP) is 3.24. The average Bonchev–Trinajstić information content (AvgIpc) is 2.41. The number of aliphatic hydroxyl groups excluding tert-OH is 1.